The maximum absolute atomic E-state index is 5.61. The van der Waals surface area contributed by atoms with Crippen LogP contribution in [0.2, 0.25) is 0 Å². The van der Waals surface area contributed by atoms with Gasteiger partial charge in [0.15, 0.2) is 5.96 Å². The summed E-state index contributed by atoms with van der Waals surface area (Å²) in [7, 11) is 3.40. The minimum atomic E-state index is 0.541. The van der Waals surface area contributed by atoms with Crippen molar-refractivity contribution in [1.82, 2.24) is 10.6 Å². The number of aliphatic imine (C=N–C) groups is 1. The molecule has 2 aromatic rings. The largest absolute Gasteiger partial charge is 0.491 e. The maximum atomic E-state index is 5.61. The zero-order valence-corrected chi connectivity index (χ0v) is 13.5. The molecule has 0 saturated carbocycles. The van der Waals surface area contributed by atoms with Gasteiger partial charge in [-0.3, -0.25) is 4.99 Å². The Balaban J connectivity index is 1.80. The van der Waals surface area contributed by atoms with Crippen molar-refractivity contribution in [2.24, 2.45) is 4.99 Å². The van der Waals surface area contributed by atoms with Crippen LogP contribution in [0, 0.1) is 0 Å². The lowest BCUT2D eigenvalue weighted by Gasteiger charge is -2.12. The van der Waals surface area contributed by atoms with Gasteiger partial charge in [-0.05, 0) is 29.8 Å². The lowest BCUT2D eigenvalue weighted by Crippen LogP contribution is -2.36. The second-order valence-corrected chi connectivity index (χ2v) is 4.85. The summed E-state index contributed by atoms with van der Waals surface area (Å²) in [5, 5.41) is 6.46. The van der Waals surface area contributed by atoms with Crippen molar-refractivity contribution in [1.29, 1.82) is 0 Å². The summed E-state index contributed by atoms with van der Waals surface area (Å²) >= 11 is 0. The molecule has 0 aliphatic heterocycles. The number of guanidine groups is 1. The summed E-state index contributed by atoms with van der Waals surface area (Å²) in [6.07, 6.45) is 1.66. The Kier molecular flexibility index (Phi) is 7.00. The first-order chi connectivity index (χ1) is 11.3. The van der Waals surface area contributed by atoms with Gasteiger partial charge in [0.1, 0.15) is 18.1 Å². The molecule has 2 rings (SSSR count). The lowest BCUT2D eigenvalue weighted by molar-refractivity contribution is 0.146. The number of ether oxygens (including phenoxy) is 2. The van der Waals surface area contributed by atoms with E-state index >= 15 is 0 Å². The third-order valence-electron chi connectivity index (χ3n) is 3.15. The molecule has 0 unspecified atom stereocenters. The highest BCUT2D eigenvalue weighted by atomic mass is 16.5. The van der Waals surface area contributed by atoms with E-state index in [-0.39, 0.29) is 0 Å². The Bertz CT molecular complexity index is 597. The van der Waals surface area contributed by atoms with Crippen molar-refractivity contribution >= 4 is 5.96 Å². The fraction of sp³-hybridized carbons (Fsp3) is 0.353. The first kappa shape index (κ1) is 16.9. The standard InChI is InChI=1S/C17H23N3O3/c1-18-17(20-13-16-7-4-8-22-16)19-12-14-5-3-6-15(11-14)23-10-9-21-2/h3-8,11H,9-10,12-13H2,1-2H3,(H2,18,19,20). The van der Waals surface area contributed by atoms with E-state index in [1.165, 1.54) is 0 Å². The first-order valence-electron chi connectivity index (χ1n) is 7.49. The van der Waals surface area contributed by atoms with Crippen molar-refractivity contribution in [3.63, 3.8) is 0 Å². The van der Waals surface area contributed by atoms with Gasteiger partial charge in [-0.15, -0.1) is 0 Å². The smallest absolute Gasteiger partial charge is 0.191 e. The van der Waals surface area contributed by atoms with Gasteiger partial charge in [-0.2, -0.15) is 0 Å². The first-order valence-corrected chi connectivity index (χ1v) is 7.49. The van der Waals surface area contributed by atoms with E-state index < -0.39 is 0 Å². The zero-order valence-electron chi connectivity index (χ0n) is 13.5. The highest BCUT2D eigenvalue weighted by Gasteiger charge is 2.02. The molecule has 6 heteroatoms. The highest BCUT2D eigenvalue weighted by molar-refractivity contribution is 5.79. The second-order valence-electron chi connectivity index (χ2n) is 4.85. The van der Waals surface area contributed by atoms with Gasteiger partial charge in [0.05, 0.1) is 19.4 Å². The van der Waals surface area contributed by atoms with E-state index in [4.69, 9.17) is 13.9 Å². The third kappa shape index (κ3) is 6.04. The monoisotopic (exact) mass is 317 g/mol. The quantitative estimate of drug-likeness (QED) is 0.444. The van der Waals surface area contributed by atoms with E-state index in [0.29, 0.717) is 32.3 Å². The second kappa shape index (κ2) is 9.53. The number of benzene rings is 1. The van der Waals surface area contributed by atoms with Gasteiger partial charge in [0.2, 0.25) is 0 Å². The maximum Gasteiger partial charge on any atom is 0.191 e. The van der Waals surface area contributed by atoms with E-state index in [9.17, 15) is 0 Å². The van der Waals surface area contributed by atoms with Crippen molar-refractivity contribution in [3.8, 4) is 5.75 Å². The molecule has 23 heavy (non-hydrogen) atoms. The van der Waals surface area contributed by atoms with E-state index in [0.717, 1.165) is 17.1 Å². The number of hydrogen-bond donors (Lipinski definition) is 2. The molecule has 0 fully saturated rings. The Hall–Kier alpha value is -2.47. The van der Waals surface area contributed by atoms with Crippen LogP contribution >= 0.6 is 0 Å². The molecule has 0 amide bonds. The summed E-state index contributed by atoms with van der Waals surface area (Å²) in [5.74, 6) is 2.41. The average Bonchev–Trinajstić information content (AvgIpc) is 3.09. The molecular formula is C17H23N3O3. The Morgan fingerprint density at radius 2 is 2.00 bits per heavy atom. The van der Waals surface area contributed by atoms with Crippen LogP contribution < -0.4 is 15.4 Å². The lowest BCUT2D eigenvalue weighted by atomic mass is 10.2. The minimum Gasteiger partial charge on any atom is -0.491 e. The topological polar surface area (TPSA) is 68.0 Å². The molecule has 124 valence electrons. The predicted octanol–water partition coefficient (Wildman–Crippen LogP) is 2.17. The van der Waals surface area contributed by atoms with Crippen LogP contribution in [0.3, 0.4) is 0 Å². The summed E-state index contributed by atoms with van der Waals surface area (Å²) < 4.78 is 15.9. The Morgan fingerprint density at radius 1 is 1.13 bits per heavy atom. The minimum absolute atomic E-state index is 0.541. The van der Waals surface area contributed by atoms with Crippen LogP contribution in [0.25, 0.3) is 0 Å². The number of nitrogens with zero attached hydrogens (tertiary/aromatic N) is 1. The van der Waals surface area contributed by atoms with Crippen LogP contribution in [0.4, 0.5) is 0 Å². The Labute approximate surface area is 136 Å². The SMILES string of the molecule is CN=C(NCc1cccc(OCCOC)c1)NCc1ccco1. The third-order valence-corrected chi connectivity index (χ3v) is 3.15. The van der Waals surface area contributed by atoms with Gasteiger partial charge < -0.3 is 24.5 Å². The number of methoxy groups -OCH3 is 1. The van der Waals surface area contributed by atoms with Crippen molar-refractivity contribution < 1.29 is 13.9 Å². The van der Waals surface area contributed by atoms with Crippen molar-refractivity contribution in [3.05, 3.63) is 54.0 Å². The summed E-state index contributed by atoms with van der Waals surface area (Å²) in [5.41, 5.74) is 1.11. The van der Waals surface area contributed by atoms with Gasteiger partial charge in [0.25, 0.3) is 0 Å². The Morgan fingerprint density at radius 3 is 2.74 bits per heavy atom. The molecule has 0 radical (unpaired) electrons. The number of furan rings is 1. The zero-order chi connectivity index (χ0) is 16.3. The van der Waals surface area contributed by atoms with Gasteiger partial charge >= 0.3 is 0 Å². The molecule has 0 spiro atoms. The number of nitrogens with one attached hydrogen (secondary N) is 2. The predicted molar refractivity (Wildman–Crippen MR) is 89.6 cm³/mol. The number of hydrogen-bond acceptors (Lipinski definition) is 4. The summed E-state index contributed by atoms with van der Waals surface area (Å²) in [6, 6.07) is 11.7. The van der Waals surface area contributed by atoms with Crippen LogP contribution in [0.5, 0.6) is 5.75 Å². The molecule has 0 bridgehead atoms. The van der Waals surface area contributed by atoms with Crippen LogP contribution in [0.1, 0.15) is 11.3 Å². The van der Waals surface area contributed by atoms with Crippen LogP contribution in [-0.4, -0.2) is 33.3 Å². The molecule has 0 atom stereocenters. The van der Waals surface area contributed by atoms with Crippen LogP contribution in [-0.2, 0) is 17.8 Å². The van der Waals surface area contributed by atoms with Crippen molar-refractivity contribution in [2.45, 2.75) is 13.1 Å². The fourth-order valence-corrected chi connectivity index (χ4v) is 1.98. The highest BCUT2D eigenvalue weighted by Crippen LogP contribution is 2.13. The molecular weight excluding hydrogens is 294 g/mol. The molecule has 1 aromatic heterocycles. The fourth-order valence-electron chi connectivity index (χ4n) is 1.98. The summed E-state index contributed by atoms with van der Waals surface area (Å²) in [6.45, 7) is 2.36. The normalized spacial score (nSPS) is 11.3. The van der Waals surface area contributed by atoms with E-state index in [2.05, 4.69) is 15.6 Å². The molecule has 1 heterocycles. The van der Waals surface area contributed by atoms with E-state index in [1.807, 2.05) is 36.4 Å². The molecule has 0 saturated heterocycles. The van der Waals surface area contributed by atoms with Gasteiger partial charge in [0, 0.05) is 20.7 Å². The number of rotatable bonds is 8. The molecule has 1 aromatic carbocycles. The van der Waals surface area contributed by atoms with E-state index in [1.54, 1.807) is 20.4 Å². The van der Waals surface area contributed by atoms with Gasteiger partial charge in [-0.25, -0.2) is 0 Å². The molecule has 6 nitrogen and oxygen atoms in total. The van der Waals surface area contributed by atoms with Gasteiger partial charge in [-0.1, -0.05) is 12.1 Å². The average molecular weight is 317 g/mol. The van der Waals surface area contributed by atoms with Crippen molar-refractivity contribution in [2.75, 3.05) is 27.4 Å². The molecule has 0 aliphatic rings. The van der Waals surface area contributed by atoms with Crippen LogP contribution in [0.15, 0.2) is 52.1 Å². The molecule has 2 N–H and O–H groups in total. The summed E-state index contributed by atoms with van der Waals surface area (Å²) in [4.78, 5) is 4.19. The molecule has 0 aliphatic carbocycles.